The molecule has 0 saturated heterocycles. The van der Waals surface area contributed by atoms with Crippen LogP contribution < -0.4 is 5.32 Å². The van der Waals surface area contributed by atoms with E-state index in [1.54, 1.807) is 6.07 Å². The molecule has 3 rings (SSSR count). The Bertz CT molecular complexity index is 806. The lowest BCUT2D eigenvalue weighted by Crippen LogP contribution is -1.97. The van der Waals surface area contributed by atoms with E-state index >= 15 is 0 Å². The zero-order valence-corrected chi connectivity index (χ0v) is 13.4. The lowest BCUT2D eigenvalue weighted by molar-refractivity contribution is 0.628. The third-order valence-corrected chi connectivity index (χ3v) is 4.48. The number of nitrogens with one attached hydrogen (secondary N) is 1. The summed E-state index contributed by atoms with van der Waals surface area (Å²) in [6.07, 6.45) is 0. The van der Waals surface area contributed by atoms with Crippen molar-refractivity contribution in [3.8, 4) is 0 Å². The van der Waals surface area contributed by atoms with Crippen LogP contribution in [0.4, 0.5) is 15.9 Å². The molecule has 1 aromatic carbocycles. The second-order valence-electron chi connectivity index (χ2n) is 4.17. The van der Waals surface area contributed by atoms with E-state index in [2.05, 4.69) is 31.2 Å². The summed E-state index contributed by atoms with van der Waals surface area (Å²) in [6, 6.07) is 6.39. The standard InChI is InChI=1S/C13H8BrClFN3S/c1-6-4-8-11(18-13(15)19-12(8)20-6)17-10-5-7(16)2-3-9(10)14/h2-5H,1H3,(H,17,18,19). The first-order valence-corrected chi connectivity index (χ1v) is 7.67. The van der Waals surface area contributed by atoms with Gasteiger partial charge in [-0.2, -0.15) is 4.98 Å². The van der Waals surface area contributed by atoms with Crippen LogP contribution in [-0.4, -0.2) is 9.97 Å². The molecule has 0 spiro atoms. The number of thiophene rings is 1. The van der Waals surface area contributed by atoms with E-state index in [1.165, 1.54) is 23.5 Å². The Kier molecular flexibility index (Phi) is 3.62. The molecule has 0 amide bonds. The van der Waals surface area contributed by atoms with Crippen LogP contribution in [0, 0.1) is 12.7 Å². The first kappa shape index (κ1) is 13.7. The Balaban J connectivity index is 2.12. The topological polar surface area (TPSA) is 37.8 Å². The number of anilines is 2. The molecule has 0 bridgehead atoms. The van der Waals surface area contributed by atoms with Gasteiger partial charge in [0.1, 0.15) is 16.5 Å². The number of halogens is 3. The molecule has 0 radical (unpaired) electrons. The zero-order chi connectivity index (χ0) is 14.3. The van der Waals surface area contributed by atoms with Gasteiger partial charge in [-0.15, -0.1) is 11.3 Å². The normalized spacial score (nSPS) is 11.0. The molecule has 20 heavy (non-hydrogen) atoms. The van der Waals surface area contributed by atoms with Crippen molar-refractivity contribution in [2.75, 3.05) is 5.32 Å². The molecule has 7 heteroatoms. The first-order valence-electron chi connectivity index (χ1n) is 5.69. The van der Waals surface area contributed by atoms with Crippen LogP contribution in [0.25, 0.3) is 10.2 Å². The van der Waals surface area contributed by atoms with Crippen LogP contribution in [0.3, 0.4) is 0 Å². The van der Waals surface area contributed by atoms with Crippen LogP contribution in [0.15, 0.2) is 28.7 Å². The maximum absolute atomic E-state index is 13.3. The van der Waals surface area contributed by atoms with Crippen molar-refractivity contribution in [1.82, 2.24) is 9.97 Å². The SMILES string of the molecule is Cc1cc2c(Nc3cc(F)ccc3Br)nc(Cl)nc2s1. The van der Waals surface area contributed by atoms with Gasteiger partial charge in [0.15, 0.2) is 0 Å². The molecule has 0 aliphatic heterocycles. The fourth-order valence-electron chi connectivity index (χ4n) is 1.83. The summed E-state index contributed by atoms with van der Waals surface area (Å²) in [5.74, 6) is 0.240. The van der Waals surface area contributed by atoms with Crippen molar-refractivity contribution in [3.05, 3.63) is 44.7 Å². The summed E-state index contributed by atoms with van der Waals surface area (Å²) < 4.78 is 14.1. The summed E-state index contributed by atoms with van der Waals surface area (Å²) in [5, 5.41) is 4.12. The average molecular weight is 373 g/mol. The second-order valence-corrected chi connectivity index (χ2v) is 6.59. The maximum Gasteiger partial charge on any atom is 0.225 e. The van der Waals surface area contributed by atoms with Gasteiger partial charge in [0.2, 0.25) is 5.28 Å². The van der Waals surface area contributed by atoms with E-state index in [9.17, 15) is 4.39 Å². The van der Waals surface area contributed by atoms with E-state index in [4.69, 9.17) is 11.6 Å². The summed E-state index contributed by atoms with van der Waals surface area (Å²) >= 11 is 10.8. The van der Waals surface area contributed by atoms with Crippen molar-refractivity contribution in [3.63, 3.8) is 0 Å². The summed E-state index contributed by atoms with van der Waals surface area (Å²) in [7, 11) is 0. The molecule has 3 aromatic rings. The van der Waals surface area contributed by atoms with E-state index < -0.39 is 0 Å². The van der Waals surface area contributed by atoms with Gasteiger partial charge in [0.25, 0.3) is 0 Å². The van der Waals surface area contributed by atoms with Gasteiger partial charge < -0.3 is 5.32 Å². The number of hydrogen-bond acceptors (Lipinski definition) is 4. The predicted octanol–water partition coefficient (Wildman–Crippen LogP) is 5.30. The summed E-state index contributed by atoms with van der Waals surface area (Å²) in [6.45, 7) is 1.99. The highest BCUT2D eigenvalue weighted by Gasteiger charge is 2.11. The highest BCUT2D eigenvalue weighted by molar-refractivity contribution is 9.10. The van der Waals surface area contributed by atoms with E-state index in [-0.39, 0.29) is 11.1 Å². The third kappa shape index (κ3) is 2.63. The van der Waals surface area contributed by atoms with Gasteiger partial charge in [-0.1, -0.05) is 0 Å². The predicted molar refractivity (Wildman–Crippen MR) is 84.5 cm³/mol. The van der Waals surface area contributed by atoms with Gasteiger partial charge in [-0.3, -0.25) is 0 Å². The number of rotatable bonds is 2. The molecule has 0 aliphatic rings. The molecular formula is C13H8BrClFN3S. The van der Waals surface area contributed by atoms with Gasteiger partial charge in [0.05, 0.1) is 11.1 Å². The zero-order valence-electron chi connectivity index (χ0n) is 10.2. The highest BCUT2D eigenvalue weighted by atomic mass is 79.9. The number of aryl methyl sites for hydroxylation is 1. The molecule has 102 valence electrons. The molecule has 2 aromatic heterocycles. The monoisotopic (exact) mass is 371 g/mol. The first-order chi connectivity index (χ1) is 9.52. The van der Waals surface area contributed by atoms with Crippen molar-refractivity contribution in [2.24, 2.45) is 0 Å². The minimum atomic E-state index is -0.325. The molecular weight excluding hydrogens is 365 g/mol. The quantitative estimate of drug-likeness (QED) is 0.620. The largest absolute Gasteiger partial charge is 0.339 e. The average Bonchev–Trinajstić information content (AvgIpc) is 2.74. The van der Waals surface area contributed by atoms with Crippen LogP contribution >= 0.6 is 38.9 Å². The Labute approximate surface area is 132 Å². The van der Waals surface area contributed by atoms with Crippen molar-refractivity contribution < 1.29 is 4.39 Å². The van der Waals surface area contributed by atoms with Gasteiger partial charge in [-0.05, 0) is 58.7 Å². The number of fused-ring (bicyclic) bond motifs is 1. The lowest BCUT2D eigenvalue weighted by Gasteiger charge is -2.09. The van der Waals surface area contributed by atoms with E-state index in [0.717, 1.165) is 19.6 Å². The minimum absolute atomic E-state index is 0.161. The Morgan fingerprint density at radius 2 is 2.10 bits per heavy atom. The number of aromatic nitrogens is 2. The van der Waals surface area contributed by atoms with Crippen LogP contribution in [-0.2, 0) is 0 Å². The molecule has 0 aliphatic carbocycles. The fraction of sp³-hybridized carbons (Fsp3) is 0.0769. The molecule has 3 nitrogen and oxygen atoms in total. The van der Waals surface area contributed by atoms with Crippen LogP contribution in [0.5, 0.6) is 0 Å². The van der Waals surface area contributed by atoms with Crippen molar-refractivity contribution in [1.29, 1.82) is 0 Å². The molecule has 0 saturated carbocycles. The maximum atomic E-state index is 13.3. The van der Waals surface area contributed by atoms with E-state index in [0.29, 0.717) is 11.5 Å². The van der Waals surface area contributed by atoms with E-state index in [1.807, 2.05) is 13.0 Å². The molecule has 2 heterocycles. The molecule has 1 N–H and O–H groups in total. The number of nitrogens with zero attached hydrogens (tertiary/aromatic N) is 2. The summed E-state index contributed by atoms with van der Waals surface area (Å²) in [5.41, 5.74) is 0.588. The Morgan fingerprint density at radius 3 is 2.90 bits per heavy atom. The minimum Gasteiger partial charge on any atom is -0.339 e. The van der Waals surface area contributed by atoms with Crippen LogP contribution in [0.1, 0.15) is 4.88 Å². The van der Waals surface area contributed by atoms with Crippen molar-refractivity contribution in [2.45, 2.75) is 6.92 Å². The lowest BCUT2D eigenvalue weighted by atomic mass is 10.3. The van der Waals surface area contributed by atoms with Gasteiger partial charge >= 0.3 is 0 Å². The van der Waals surface area contributed by atoms with Gasteiger partial charge in [0, 0.05) is 9.35 Å². The highest BCUT2D eigenvalue weighted by Crippen LogP contribution is 2.33. The smallest absolute Gasteiger partial charge is 0.225 e. The molecule has 0 atom stereocenters. The second kappa shape index (κ2) is 5.27. The Hall–Kier alpha value is -1.24. The molecule has 0 unspecified atom stereocenters. The van der Waals surface area contributed by atoms with Crippen molar-refractivity contribution >= 4 is 60.6 Å². The third-order valence-electron chi connectivity index (χ3n) is 2.67. The Morgan fingerprint density at radius 1 is 1.30 bits per heavy atom. The fourth-order valence-corrected chi connectivity index (χ4v) is 3.28. The van der Waals surface area contributed by atoms with Gasteiger partial charge in [-0.25, -0.2) is 9.37 Å². The molecule has 0 fully saturated rings. The van der Waals surface area contributed by atoms with Crippen LogP contribution in [0.2, 0.25) is 5.28 Å². The summed E-state index contributed by atoms with van der Waals surface area (Å²) in [4.78, 5) is 10.3. The number of benzene rings is 1. The number of hydrogen-bond donors (Lipinski definition) is 1.